The summed E-state index contributed by atoms with van der Waals surface area (Å²) >= 11 is 0. The number of para-hydroxylation sites is 2. The molecule has 0 aromatic heterocycles. The van der Waals surface area contributed by atoms with Crippen LogP contribution in [0.2, 0.25) is 0 Å². The maximum Gasteiger partial charge on any atom is 0.414 e. The lowest BCUT2D eigenvalue weighted by Crippen LogP contribution is -2.47. The second kappa shape index (κ2) is 8.71. The number of nitrogens with two attached hydrogens (primary N) is 1. The predicted molar refractivity (Wildman–Crippen MR) is 118 cm³/mol. The Balaban J connectivity index is 1.40. The maximum absolute atomic E-state index is 14.9. The molecule has 2 heterocycles. The van der Waals surface area contributed by atoms with Gasteiger partial charge < -0.3 is 25.6 Å². The number of ether oxygens (including phenoxy) is 1. The normalized spacial score (nSPS) is 18.8. The highest BCUT2D eigenvalue weighted by atomic mass is 19.1. The largest absolute Gasteiger partial charge is 0.442 e. The van der Waals surface area contributed by atoms with E-state index in [9.17, 15) is 14.0 Å². The molecule has 1 atom stereocenters. The van der Waals surface area contributed by atoms with Gasteiger partial charge in [-0.25, -0.2) is 9.18 Å². The van der Waals surface area contributed by atoms with Crippen molar-refractivity contribution in [3.05, 3.63) is 48.3 Å². The highest BCUT2D eigenvalue weighted by molar-refractivity contribution is 5.90. The van der Waals surface area contributed by atoms with E-state index in [1.807, 2.05) is 29.2 Å². The minimum Gasteiger partial charge on any atom is -0.442 e. The van der Waals surface area contributed by atoms with Gasteiger partial charge in [0.2, 0.25) is 5.91 Å². The van der Waals surface area contributed by atoms with Crippen molar-refractivity contribution in [1.82, 2.24) is 5.32 Å². The number of amides is 2. The third kappa shape index (κ3) is 4.50. The first-order valence-corrected chi connectivity index (χ1v) is 10.3. The molecule has 2 aliphatic rings. The number of anilines is 4. The van der Waals surface area contributed by atoms with Crippen molar-refractivity contribution in [2.24, 2.45) is 0 Å². The zero-order valence-corrected chi connectivity index (χ0v) is 17.4. The Morgan fingerprint density at radius 2 is 1.81 bits per heavy atom. The van der Waals surface area contributed by atoms with Crippen molar-refractivity contribution in [2.45, 2.75) is 13.0 Å². The summed E-state index contributed by atoms with van der Waals surface area (Å²) in [5, 5.41) is 2.63. The molecule has 2 saturated heterocycles. The van der Waals surface area contributed by atoms with Crippen molar-refractivity contribution in [3.8, 4) is 0 Å². The summed E-state index contributed by atoms with van der Waals surface area (Å²) in [6.45, 7) is 4.68. The minimum absolute atomic E-state index is 0.194. The van der Waals surface area contributed by atoms with E-state index in [-0.39, 0.29) is 24.8 Å². The van der Waals surface area contributed by atoms with Crippen molar-refractivity contribution in [1.29, 1.82) is 0 Å². The van der Waals surface area contributed by atoms with E-state index in [0.29, 0.717) is 24.5 Å². The van der Waals surface area contributed by atoms with Crippen LogP contribution in [0.4, 0.5) is 31.9 Å². The van der Waals surface area contributed by atoms with Crippen LogP contribution in [-0.2, 0) is 9.53 Å². The van der Waals surface area contributed by atoms with Gasteiger partial charge in [-0.05, 0) is 30.3 Å². The topological polar surface area (TPSA) is 91.1 Å². The van der Waals surface area contributed by atoms with Gasteiger partial charge in [0.25, 0.3) is 0 Å². The average molecular weight is 427 g/mol. The second-order valence-corrected chi connectivity index (χ2v) is 7.72. The highest BCUT2D eigenvalue weighted by Gasteiger charge is 2.33. The van der Waals surface area contributed by atoms with Crippen LogP contribution in [0, 0.1) is 5.82 Å². The molecule has 2 aliphatic heterocycles. The van der Waals surface area contributed by atoms with Gasteiger partial charge in [0.15, 0.2) is 0 Å². The zero-order valence-electron chi connectivity index (χ0n) is 17.4. The van der Waals surface area contributed by atoms with Crippen LogP contribution >= 0.6 is 0 Å². The molecular formula is C22H26FN5O3. The summed E-state index contributed by atoms with van der Waals surface area (Å²) in [5.74, 6) is -0.580. The van der Waals surface area contributed by atoms with Gasteiger partial charge in [0.1, 0.15) is 11.9 Å². The molecule has 8 nitrogen and oxygen atoms in total. The Hall–Kier alpha value is -3.49. The maximum atomic E-state index is 14.9. The lowest BCUT2D eigenvalue weighted by atomic mass is 10.2. The number of cyclic esters (lactones) is 1. The zero-order chi connectivity index (χ0) is 22.0. The Morgan fingerprint density at radius 1 is 1.13 bits per heavy atom. The third-order valence-corrected chi connectivity index (χ3v) is 5.59. The number of nitrogens with one attached hydrogen (secondary N) is 1. The summed E-state index contributed by atoms with van der Waals surface area (Å²) in [4.78, 5) is 28.8. The SMILES string of the molecule is CC(=O)NC[C@H]1CN(c2ccc(N3CCN(c4ccccc4N)CC3)c(F)c2)C(=O)O1. The van der Waals surface area contributed by atoms with Crippen LogP contribution in [0.5, 0.6) is 0 Å². The number of hydrogen-bond acceptors (Lipinski definition) is 6. The van der Waals surface area contributed by atoms with E-state index in [2.05, 4.69) is 10.2 Å². The molecule has 0 bridgehead atoms. The number of rotatable bonds is 5. The number of carbonyl (C=O) groups is 2. The first-order chi connectivity index (χ1) is 14.9. The third-order valence-electron chi connectivity index (χ3n) is 5.59. The number of nitrogen functional groups attached to an aromatic ring is 1. The van der Waals surface area contributed by atoms with Gasteiger partial charge in [-0.15, -0.1) is 0 Å². The summed E-state index contributed by atoms with van der Waals surface area (Å²) in [7, 11) is 0. The van der Waals surface area contributed by atoms with Gasteiger partial charge in [-0.3, -0.25) is 9.69 Å². The van der Waals surface area contributed by atoms with E-state index in [0.717, 1.165) is 24.5 Å². The highest BCUT2D eigenvalue weighted by Crippen LogP contribution is 2.30. The van der Waals surface area contributed by atoms with Gasteiger partial charge in [0.05, 0.1) is 35.8 Å². The molecule has 9 heteroatoms. The number of benzene rings is 2. The fraction of sp³-hybridized carbons (Fsp3) is 0.364. The van der Waals surface area contributed by atoms with Crippen LogP contribution in [0.3, 0.4) is 0 Å². The molecule has 0 saturated carbocycles. The quantitative estimate of drug-likeness (QED) is 0.711. The molecule has 2 amide bonds. The fourth-order valence-corrected chi connectivity index (χ4v) is 3.98. The van der Waals surface area contributed by atoms with Crippen LogP contribution in [0.25, 0.3) is 0 Å². The Kier molecular flexibility index (Phi) is 5.83. The predicted octanol–water partition coefficient (Wildman–Crippen LogP) is 2.20. The van der Waals surface area contributed by atoms with E-state index in [4.69, 9.17) is 10.5 Å². The number of carbonyl (C=O) groups excluding carboxylic acids is 2. The standard InChI is InChI=1S/C22H26FN5O3/c1-15(29)25-13-17-14-28(22(30)31-17)16-6-7-20(18(23)12-16)26-8-10-27(11-9-26)21-5-3-2-4-19(21)24/h2-7,12,17H,8-11,13-14,24H2,1H3,(H,25,29)/t17-/m0/s1. The van der Waals surface area contributed by atoms with Gasteiger partial charge >= 0.3 is 6.09 Å². The lowest BCUT2D eigenvalue weighted by Gasteiger charge is -2.38. The molecule has 3 N–H and O–H groups in total. The first-order valence-electron chi connectivity index (χ1n) is 10.3. The molecule has 164 valence electrons. The van der Waals surface area contributed by atoms with E-state index < -0.39 is 12.2 Å². The van der Waals surface area contributed by atoms with Crippen molar-refractivity contribution < 1.29 is 18.7 Å². The van der Waals surface area contributed by atoms with Crippen molar-refractivity contribution in [2.75, 3.05) is 59.7 Å². The van der Waals surface area contributed by atoms with Gasteiger partial charge in [-0.1, -0.05) is 12.1 Å². The smallest absolute Gasteiger partial charge is 0.414 e. The molecule has 2 aromatic carbocycles. The number of piperazine rings is 1. The van der Waals surface area contributed by atoms with Gasteiger partial charge in [-0.2, -0.15) is 0 Å². The van der Waals surface area contributed by atoms with Crippen molar-refractivity contribution in [3.63, 3.8) is 0 Å². The summed E-state index contributed by atoms with van der Waals surface area (Å²) in [6.07, 6.45) is -1.01. The molecule has 4 rings (SSSR count). The Morgan fingerprint density at radius 3 is 2.45 bits per heavy atom. The molecule has 2 aromatic rings. The summed E-state index contributed by atoms with van der Waals surface area (Å²) in [6, 6.07) is 12.5. The Labute approximate surface area is 180 Å². The monoisotopic (exact) mass is 427 g/mol. The summed E-state index contributed by atoms with van der Waals surface area (Å²) < 4.78 is 20.2. The van der Waals surface area contributed by atoms with E-state index >= 15 is 0 Å². The fourth-order valence-electron chi connectivity index (χ4n) is 3.98. The van der Waals surface area contributed by atoms with Gasteiger partial charge in [0, 0.05) is 33.1 Å². The molecule has 0 spiro atoms. The second-order valence-electron chi connectivity index (χ2n) is 7.72. The molecular weight excluding hydrogens is 401 g/mol. The number of halogens is 1. The van der Waals surface area contributed by atoms with Crippen LogP contribution in [-0.4, -0.2) is 57.4 Å². The van der Waals surface area contributed by atoms with Crippen LogP contribution in [0.15, 0.2) is 42.5 Å². The minimum atomic E-state index is -0.545. The summed E-state index contributed by atoms with van der Waals surface area (Å²) in [5.41, 5.74) is 8.75. The molecule has 0 radical (unpaired) electrons. The first kappa shape index (κ1) is 20.8. The lowest BCUT2D eigenvalue weighted by molar-refractivity contribution is -0.119. The Bertz CT molecular complexity index is 977. The van der Waals surface area contributed by atoms with Crippen LogP contribution in [0.1, 0.15) is 6.92 Å². The van der Waals surface area contributed by atoms with Crippen LogP contribution < -0.4 is 25.8 Å². The molecule has 2 fully saturated rings. The van der Waals surface area contributed by atoms with Crippen molar-refractivity contribution >= 4 is 34.7 Å². The van der Waals surface area contributed by atoms with E-state index in [1.165, 1.54) is 17.9 Å². The molecule has 0 aliphatic carbocycles. The molecule has 0 unspecified atom stereocenters. The van der Waals surface area contributed by atoms with E-state index in [1.54, 1.807) is 12.1 Å². The number of hydrogen-bond donors (Lipinski definition) is 2. The molecule has 31 heavy (non-hydrogen) atoms. The number of nitrogens with zero attached hydrogens (tertiary/aromatic N) is 3. The average Bonchev–Trinajstić information content (AvgIpc) is 3.13.